The first-order valence-corrected chi connectivity index (χ1v) is 5.88. The van der Waals surface area contributed by atoms with Crippen LogP contribution in [-0.4, -0.2) is 0 Å². The molecule has 1 heterocycles. The van der Waals surface area contributed by atoms with Crippen molar-refractivity contribution in [3.05, 3.63) is 35.1 Å². The van der Waals surface area contributed by atoms with Crippen LogP contribution in [0.15, 0.2) is 22.6 Å². The van der Waals surface area contributed by atoms with Gasteiger partial charge in [-0.15, -0.1) is 0 Å². The Morgan fingerprint density at radius 2 is 1.94 bits per heavy atom. The summed E-state index contributed by atoms with van der Waals surface area (Å²) in [5.41, 5.74) is 9.49. The highest BCUT2D eigenvalue weighted by Gasteiger charge is 2.13. The normalized spacial score (nSPS) is 13.2. The second-order valence-electron chi connectivity index (χ2n) is 4.49. The molecular formula is C14H19NO. The van der Waals surface area contributed by atoms with Crippen LogP contribution in [-0.2, 0) is 0 Å². The van der Waals surface area contributed by atoms with Crippen molar-refractivity contribution in [3.63, 3.8) is 0 Å². The predicted octanol–water partition coefficient (Wildman–Crippen LogP) is 3.85. The molecule has 0 aliphatic carbocycles. The van der Waals surface area contributed by atoms with E-state index in [0.29, 0.717) is 0 Å². The van der Waals surface area contributed by atoms with Gasteiger partial charge in [0.25, 0.3) is 0 Å². The van der Waals surface area contributed by atoms with Crippen LogP contribution in [0.25, 0.3) is 11.0 Å². The Morgan fingerprint density at radius 1 is 1.25 bits per heavy atom. The number of hydrogen-bond donors (Lipinski definition) is 1. The Bertz CT molecular complexity index is 460. The van der Waals surface area contributed by atoms with Crippen molar-refractivity contribution in [1.82, 2.24) is 0 Å². The van der Waals surface area contributed by atoms with Crippen LogP contribution < -0.4 is 5.73 Å². The highest BCUT2D eigenvalue weighted by molar-refractivity contribution is 5.84. The van der Waals surface area contributed by atoms with Crippen molar-refractivity contribution in [2.24, 2.45) is 5.73 Å². The summed E-state index contributed by atoms with van der Waals surface area (Å²) in [5, 5.41) is 1.20. The monoisotopic (exact) mass is 217 g/mol. The summed E-state index contributed by atoms with van der Waals surface area (Å²) in [4.78, 5) is 0. The third-order valence-corrected chi connectivity index (χ3v) is 3.08. The average Bonchev–Trinajstić information content (AvgIpc) is 2.70. The maximum atomic E-state index is 6.08. The molecule has 2 heteroatoms. The van der Waals surface area contributed by atoms with Crippen molar-refractivity contribution in [2.75, 3.05) is 0 Å². The third kappa shape index (κ3) is 1.85. The lowest BCUT2D eigenvalue weighted by molar-refractivity contribution is 0.474. The summed E-state index contributed by atoms with van der Waals surface area (Å²) in [6.45, 7) is 6.31. The average molecular weight is 217 g/mol. The van der Waals surface area contributed by atoms with Crippen LogP contribution in [0.3, 0.4) is 0 Å². The van der Waals surface area contributed by atoms with Gasteiger partial charge in [0, 0.05) is 5.39 Å². The summed E-state index contributed by atoms with van der Waals surface area (Å²) in [5.74, 6) is 0.911. The van der Waals surface area contributed by atoms with Gasteiger partial charge in [-0.3, -0.25) is 0 Å². The van der Waals surface area contributed by atoms with Crippen molar-refractivity contribution in [3.8, 4) is 0 Å². The largest absolute Gasteiger partial charge is 0.459 e. The highest BCUT2D eigenvalue weighted by Crippen LogP contribution is 2.29. The standard InChI is InChI=1S/C14H19NO/c1-4-5-12(15)13-8-11-9(2)6-7-10(3)14(11)16-13/h6-8,12H,4-5,15H2,1-3H3. The van der Waals surface area contributed by atoms with Crippen LogP contribution in [0, 0.1) is 13.8 Å². The molecule has 0 fully saturated rings. The van der Waals surface area contributed by atoms with E-state index in [0.717, 1.165) is 24.2 Å². The van der Waals surface area contributed by atoms with Gasteiger partial charge in [0.15, 0.2) is 0 Å². The van der Waals surface area contributed by atoms with E-state index in [9.17, 15) is 0 Å². The molecule has 1 aromatic carbocycles. The minimum Gasteiger partial charge on any atom is -0.459 e. The van der Waals surface area contributed by atoms with Gasteiger partial charge in [0.1, 0.15) is 11.3 Å². The molecule has 1 atom stereocenters. The topological polar surface area (TPSA) is 39.2 Å². The lowest BCUT2D eigenvalue weighted by Gasteiger charge is -2.05. The SMILES string of the molecule is CCCC(N)c1cc2c(C)ccc(C)c2o1. The van der Waals surface area contributed by atoms with Crippen molar-refractivity contribution in [2.45, 2.75) is 39.7 Å². The smallest absolute Gasteiger partial charge is 0.137 e. The second-order valence-corrected chi connectivity index (χ2v) is 4.49. The molecule has 0 radical (unpaired) electrons. The number of rotatable bonds is 3. The number of aryl methyl sites for hydroxylation is 2. The third-order valence-electron chi connectivity index (χ3n) is 3.08. The maximum Gasteiger partial charge on any atom is 0.137 e. The molecule has 0 aliphatic heterocycles. The van der Waals surface area contributed by atoms with Crippen LogP contribution >= 0.6 is 0 Å². The number of nitrogens with two attached hydrogens (primary N) is 1. The lowest BCUT2D eigenvalue weighted by Crippen LogP contribution is -2.08. The number of fused-ring (bicyclic) bond motifs is 1. The minimum atomic E-state index is 0.0243. The molecule has 16 heavy (non-hydrogen) atoms. The fourth-order valence-electron chi connectivity index (χ4n) is 2.05. The zero-order valence-corrected chi connectivity index (χ0v) is 10.2. The van der Waals surface area contributed by atoms with Gasteiger partial charge in [-0.2, -0.15) is 0 Å². The van der Waals surface area contributed by atoms with Crippen molar-refractivity contribution < 1.29 is 4.42 Å². The highest BCUT2D eigenvalue weighted by atomic mass is 16.3. The molecule has 2 aromatic rings. The van der Waals surface area contributed by atoms with Crippen molar-refractivity contribution >= 4 is 11.0 Å². The first-order chi connectivity index (χ1) is 7.63. The molecule has 0 saturated heterocycles. The molecule has 0 spiro atoms. The van der Waals surface area contributed by atoms with Gasteiger partial charge < -0.3 is 10.2 Å². The van der Waals surface area contributed by atoms with Gasteiger partial charge in [-0.1, -0.05) is 25.5 Å². The zero-order valence-electron chi connectivity index (χ0n) is 10.2. The molecular weight excluding hydrogens is 198 g/mol. The van der Waals surface area contributed by atoms with Gasteiger partial charge >= 0.3 is 0 Å². The van der Waals surface area contributed by atoms with Crippen LogP contribution in [0.5, 0.6) is 0 Å². The van der Waals surface area contributed by atoms with E-state index < -0.39 is 0 Å². The fraction of sp³-hybridized carbons (Fsp3) is 0.429. The molecule has 2 rings (SSSR count). The van der Waals surface area contributed by atoms with E-state index in [1.165, 1.54) is 16.5 Å². The number of benzene rings is 1. The summed E-state index contributed by atoms with van der Waals surface area (Å²) >= 11 is 0. The van der Waals surface area contributed by atoms with Crippen LogP contribution in [0.1, 0.15) is 42.7 Å². The number of hydrogen-bond acceptors (Lipinski definition) is 2. The Labute approximate surface area is 96.4 Å². The Hall–Kier alpha value is -1.28. The first-order valence-electron chi connectivity index (χ1n) is 5.88. The molecule has 0 amide bonds. The molecule has 2 N–H and O–H groups in total. The summed E-state index contributed by atoms with van der Waals surface area (Å²) in [6, 6.07) is 6.34. The number of furan rings is 1. The molecule has 0 bridgehead atoms. The van der Waals surface area contributed by atoms with Gasteiger partial charge in [-0.05, 0) is 37.5 Å². The summed E-state index contributed by atoms with van der Waals surface area (Å²) in [6.07, 6.45) is 2.05. The molecule has 0 aliphatic rings. The molecule has 2 nitrogen and oxygen atoms in total. The fourth-order valence-corrected chi connectivity index (χ4v) is 2.05. The van der Waals surface area contributed by atoms with E-state index in [1.807, 2.05) is 0 Å². The predicted molar refractivity (Wildman–Crippen MR) is 67.5 cm³/mol. The van der Waals surface area contributed by atoms with E-state index in [4.69, 9.17) is 10.2 Å². The molecule has 86 valence electrons. The quantitative estimate of drug-likeness (QED) is 0.848. The van der Waals surface area contributed by atoms with Crippen LogP contribution in [0.2, 0.25) is 0 Å². The molecule has 0 saturated carbocycles. The Balaban J connectivity index is 2.51. The lowest BCUT2D eigenvalue weighted by atomic mass is 10.1. The van der Waals surface area contributed by atoms with E-state index in [2.05, 4.69) is 39.0 Å². The first kappa shape index (κ1) is 11.2. The van der Waals surface area contributed by atoms with Gasteiger partial charge in [-0.25, -0.2) is 0 Å². The van der Waals surface area contributed by atoms with Gasteiger partial charge in [0.05, 0.1) is 6.04 Å². The zero-order chi connectivity index (χ0) is 11.7. The summed E-state index contributed by atoms with van der Waals surface area (Å²) < 4.78 is 5.87. The Morgan fingerprint density at radius 3 is 2.56 bits per heavy atom. The van der Waals surface area contributed by atoms with E-state index in [1.54, 1.807) is 0 Å². The van der Waals surface area contributed by atoms with Gasteiger partial charge in [0.2, 0.25) is 0 Å². The second kappa shape index (κ2) is 4.30. The molecule has 1 aromatic heterocycles. The van der Waals surface area contributed by atoms with E-state index >= 15 is 0 Å². The Kier molecular flexibility index (Phi) is 3.01. The van der Waals surface area contributed by atoms with E-state index in [-0.39, 0.29) is 6.04 Å². The minimum absolute atomic E-state index is 0.0243. The van der Waals surface area contributed by atoms with Crippen LogP contribution in [0.4, 0.5) is 0 Å². The molecule has 1 unspecified atom stereocenters. The van der Waals surface area contributed by atoms with Crippen molar-refractivity contribution in [1.29, 1.82) is 0 Å². The summed E-state index contributed by atoms with van der Waals surface area (Å²) in [7, 11) is 0. The maximum absolute atomic E-state index is 6.08.